The van der Waals surface area contributed by atoms with Crippen molar-refractivity contribution in [1.82, 2.24) is 5.43 Å². The van der Waals surface area contributed by atoms with Crippen LogP contribution in [0.25, 0.3) is 0 Å². The van der Waals surface area contributed by atoms with E-state index >= 15 is 0 Å². The highest BCUT2D eigenvalue weighted by molar-refractivity contribution is 6.30. The van der Waals surface area contributed by atoms with Gasteiger partial charge in [-0.2, -0.15) is 5.10 Å². The molecule has 0 saturated carbocycles. The Morgan fingerprint density at radius 2 is 1.78 bits per heavy atom. The van der Waals surface area contributed by atoms with E-state index in [-0.39, 0.29) is 12.3 Å². The molecule has 1 N–H and O–H groups in total. The number of hydrogen-bond acceptors (Lipinski definition) is 6. The summed E-state index contributed by atoms with van der Waals surface area (Å²) in [6.45, 7) is 9.82. The van der Waals surface area contributed by atoms with Gasteiger partial charge >= 0.3 is 0 Å². The van der Waals surface area contributed by atoms with Gasteiger partial charge in [-0.3, -0.25) is 14.9 Å². The van der Waals surface area contributed by atoms with Crippen molar-refractivity contribution in [1.29, 1.82) is 0 Å². The number of nitrogens with one attached hydrogen (secondary N) is 1. The molecular formula is C23H29ClN4O4. The third kappa shape index (κ3) is 8.19. The van der Waals surface area contributed by atoms with Gasteiger partial charge in [0.15, 0.2) is 6.61 Å². The minimum absolute atomic E-state index is 0.0401. The zero-order valence-corrected chi connectivity index (χ0v) is 19.5. The van der Waals surface area contributed by atoms with E-state index in [2.05, 4.69) is 43.1 Å². The lowest BCUT2D eigenvalue weighted by Gasteiger charge is -2.29. The molecule has 8 nitrogen and oxygen atoms in total. The molecule has 2 aromatic rings. The number of non-ortho nitro benzene ring substituents is 1. The number of ether oxygens (including phenoxy) is 1. The van der Waals surface area contributed by atoms with Crippen LogP contribution in [0.1, 0.15) is 33.3 Å². The first-order valence-corrected chi connectivity index (χ1v) is 10.8. The molecule has 0 aliphatic heterocycles. The number of halogens is 1. The highest BCUT2D eigenvalue weighted by atomic mass is 35.5. The summed E-state index contributed by atoms with van der Waals surface area (Å²) in [5, 5.41) is 15.8. The van der Waals surface area contributed by atoms with Gasteiger partial charge in [-0.1, -0.05) is 39.3 Å². The zero-order valence-electron chi connectivity index (χ0n) is 18.7. The van der Waals surface area contributed by atoms with Crippen molar-refractivity contribution in [2.45, 2.75) is 27.7 Å². The number of nitro benzene ring substituents is 1. The number of carbonyl (C=O) groups excluding carboxylic acids is 1. The van der Waals surface area contributed by atoms with E-state index in [0.29, 0.717) is 28.2 Å². The van der Waals surface area contributed by atoms with Gasteiger partial charge in [0.05, 0.1) is 11.1 Å². The molecule has 1 amide bonds. The average Bonchev–Trinajstić information content (AvgIpc) is 2.72. The maximum atomic E-state index is 12.1. The molecule has 0 fully saturated rings. The van der Waals surface area contributed by atoms with Crippen LogP contribution in [0.4, 0.5) is 11.4 Å². The molecule has 0 spiro atoms. The first kappa shape index (κ1) is 25.1. The van der Waals surface area contributed by atoms with E-state index in [4.69, 9.17) is 16.3 Å². The standard InChI is InChI=1S/C23H29ClN4O4/c1-16(2)13-27(14-17(3)4)22-10-7-20(28(30)31)11-18(22)12-25-26-23(29)15-32-21-8-5-19(24)6-9-21/h5-12,16-17H,13-15H2,1-4H3,(H,26,29). The van der Waals surface area contributed by atoms with Crippen molar-refractivity contribution in [3.8, 4) is 5.75 Å². The second-order valence-electron chi connectivity index (χ2n) is 8.23. The molecule has 0 bridgehead atoms. The molecule has 32 heavy (non-hydrogen) atoms. The van der Waals surface area contributed by atoms with E-state index in [1.807, 2.05) is 0 Å². The Kier molecular flexibility index (Phi) is 9.46. The number of amides is 1. The van der Waals surface area contributed by atoms with Crippen LogP contribution in [-0.2, 0) is 4.79 Å². The molecule has 2 aromatic carbocycles. The Morgan fingerprint density at radius 1 is 1.16 bits per heavy atom. The Hall–Kier alpha value is -3.13. The number of hydrogen-bond donors (Lipinski definition) is 1. The summed E-state index contributed by atoms with van der Waals surface area (Å²) < 4.78 is 5.38. The van der Waals surface area contributed by atoms with Crippen molar-refractivity contribution in [2.24, 2.45) is 16.9 Å². The minimum atomic E-state index is -0.454. The summed E-state index contributed by atoms with van der Waals surface area (Å²) in [5.74, 6) is 0.855. The molecule has 9 heteroatoms. The van der Waals surface area contributed by atoms with E-state index in [1.165, 1.54) is 18.3 Å². The largest absolute Gasteiger partial charge is 0.484 e. The van der Waals surface area contributed by atoms with Crippen molar-refractivity contribution in [3.63, 3.8) is 0 Å². The number of anilines is 1. The molecule has 0 saturated heterocycles. The third-order valence-electron chi connectivity index (χ3n) is 4.31. The number of benzene rings is 2. The second-order valence-corrected chi connectivity index (χ2v) is 8.67. The summed E-state index contributed by atoms with van der Waals surface area (Å²) >= 11 is 5.82. The van der Waals surface area contributed by atoms with Gasteiger partial charge in [0.2, 0.25) is 0 Å². The van der Waals surface area contributed by atoms with Crippen LogP contribution in [0, 0.1) is 22.0 Å². The molecule has 0 unspecified atom stereocenters. The zero-order chi connectivity index (χ0) is 23.7. The highest BCUT2D eigenvalue weighted by Crippen LogP contribution is 2.26. The van der Waals surface area contributed by atoms with Gasteiger partial charge in [-0.25, -0.2) is 5.43 Å². The lowest BCUT2D eigenvalue weighted by atomic mass is 10.1. The lowest BCUT2D eigenvalue weighted by Crippen LogP contribution is -2.32. The van der Waals surface area contributed by atoms with Crippen molar-refractivity contribution in [2.75, 3.05) is 24.6 Å². The predicted molar refractivity (Wildman–Crippen MR) is 128 cm³/mol. The summed E-state index contributed by atoms with van der Waals surface area (Å²) in [5.41, 5.74) is 3.74. The molecule has 2 rings (SSSR count). The normalized spacial score (nSPS) is 11.2. The second kappa shape index (κ2) is 12.0. The number of hydrazone groups is 1. The van der Waals surface area contributed by atoms with Gasteiger partial charge < -0.3 is 9.64 Å². The van der Waals surface area contributed by atoms with Crippen LogP contribution in [0.5, 0.6) is 5.75 Å². The van der Waals surface area contributed by atoms with Gasteiger partial charge in [0, 0.05) is 41.5 Å². The van der Waals surface area contributed by atoms with Crippen molar-refractivity contribution < 1.29 is 14.5 Å². The Balaban J connectivity index is 2.15. The minimum Gasteiger partial charge on any atom is -0.484 e. The fourth-order valence-corrected chi connectivity index (χ4v) is 3.21. The number of nitro groups is 1. The quantitative estimate of drug-likeness (QED) is 0.292. The van der Waals surface area contributed by atoms with E-state index in [9.17, 15) is 14.9 Å². The molecule has 0 aliphatic rings. The molecule has 0 radical (unpaired) electrons. The number of rotatable bonds is 11. The van der Waals surface area contributed by atoms with Gasteiger partial charge in [-0.15, -0.1) is 0 Å². The fourth-order valence-electron chi connectivity index (χ4n) is 3.09. The van der Waals surface area contributed by atoms with Gasteiger partial charge in [-0.05, 0) is 42.2 Å². The van der Waals surface area contributed by atoms with Crippen LogP contribution in [0.15, 0.2) is 47.6 Å². The maximum Gasteiger partial charge on any atom is 0.277 e. The van der Waals surface area contributed by atoms with Crippen LogP contribution in [0.2, 0.25) is 5.02 Å². The number of carbonyl (C=O) groups is 1. The van der Waals surface area contributed by atoms with E-state index < -0.39 is 10.8 Å². The summed E-state index contributed by atoms with van der Waals surface area (Å²) in [4.78, 5) is 25.1. The Labute approximate surface area is 193 Å². The summed E-state index contributed by atoms with van der Waals surface area (Å²) in [7, 11) is 0. The summed E-state index contributed by atoms with van der Waals surface area (Å²) in [6, 6.07) is 11.3. The average molecular weight is 461 g/mol. The smallest absolute Gasteiger partial charge is 0.277 e. The fraction of sp³-hybridized carbons (Fsp3) is 0.391. The Bertz CT molecular complexity index is 936. The molecule has 172 valence electrons. The van der Waals surface area contributed by atoms with E-state index in [0.717, 1.165) is 18.8 Å². The van der Waals surface area contributed by atoms with E-state index in [1.54, 1.807) is 30.3 Å². The topological polar surface area (TPSA) is 97.1 Å². The lowest BCUT2D eigenvalue weighted by molar-refractivity contribution is -0.384. The molecule has 0 heterocycles. The van der Waals surface area contributed by atoms with Crippen molar-refractivity contribution >= 4 is 35.1 Å². The van der Waals surface area contributed by atoms with Crippen molar-refractivity contribution in [3.05, 3.63) is 63.2 Å². The Morgan fingerprint density at radius 3 is 2.34 bits per heavy atom. The summed E-state index contributed by atoms with van der Waals surface area (Å²) in [6.07, 6.45) is 1.43. The third-order valence-corrected chi connectivity index (χ3v) is 4.56. The molecular weight excluding hydrogens is 432 g/mol. The highest BCUT2D eigenvalue weighted by Gasteiger charge is 2.17. The maximum absolute atomic E-state index is 12.1. The molecule has 0 atom stereocenters. The monoisotopic (exact) mass is 460 g/mol. The number of nitrogens with zero attached hydrogens (tertiary/aromatic N) is 3. The van der Waals surface area contributed by atoms with Crippen LogP contribution in [-0.4, -0.2) is 36.7 Å². The van der Waals surface area contributed by atoms with Crippen LogP contribution in [0.3, 0.4) is 0 Å². The SMILES string of the molecule is CC(C)CN(CC(C)C)c1ccc([N+](=O)[O-])cc1C=NNC(=O)COc1ccc(Cl)cc1. The first-order chi connectivity index (χ1) is 15.2. The van der Waals surface area contributed by atoms with Gasteiger partial charge in [0.1, 0.15) is 5.75 Å². The molecule has 0 aromatic heterocycles. The van der Waals surface area contributed by atoms with Crippen LogP contribution < -0.4 is 15.1 Å². The first-order valence-electron chi connectivity index (χ1n) is 10.4. The molecule has 0 aliphatic carbocycles. The van der Waals surface area contributed by atoms with Gasteiger partial charge in [0.25, 0.3) is 11.6 Å². The van der Waals surface area contributed by atoms with Crippen LogP contribution >= 0.6 is 11.6 Å². The predicted octanol–water partition coefficient (Wildman–Crippen LogP) is 4.90.